The van der Waals surface area contributed by atoms with Gasteiger partial charge in [-0.2, -0.15) is 0 Å². The van der Waals surface area contributed by atoms with Gasteiger partial charge in [-0.05, 0) is 49.6 Å². The van der Waals surface area contributed by atoms with Gasteiger partial charge in [0.25, 0.3) is 5.91 Å². The molecule has 3 aromatic heterocycles. The average molecular weight is 308 g/mol. The van der Waals surface area contributed by atoms with Crippen LogP contribution < -0.4 is 5.32 Å². The van der Waals surface area contributed by atoms with Crippen molar-refractivity contribution in [1.82, 2.24) is 19.7 Å². The van der Waals surface area contributed by atoms with Gasteiger partial charge in [0.15, 0.2) is 0 Å². The molecule has 0 fully saturated rings. The zero-order valence-corrected chi connectivity index (χ0v) is 13.6. The molecule has 0 aromatic carbocycles. The number of rotatable bonds is 4. The van der Waals surface area contributed by atoms with Crippen molar-refractivity contribution in [2.24, 2.45) is 0 Å². The lowest BCUT2D eigenvalue weighted by molar-refractivity contribution is 0.0930. The molecule has 5 heteroatoms. The van der Waals surface area contributed by atoms with E-state index in [0.29, 0.717) is 5.69 Å². The molecule has 0 aliphatic carbocycles. The van der Waals surface area contributed by atoms with Gasteiger partial charge in [-0.25, -0.2) is 4.98 Å². The van der Waals surface area contributed by atoms with Crippen LogP contribution in [0.2, 0.25) is 0 Å². The van der Waals surface area contributed by atoms with Crippen molar-refractivity contribution in [2.45, 2.75) is 33.2 Å². The summed E-state index contributed by atoms with van der Waals surface area (Å²) in [6.07, 6.45) is 6.26. The zero-order chi connectivity index (χ0) is 16.4. The Morgan fingerprint density at radius 1 is 1.22 bits per heavy atom. The minimum Gasteiger partial charge on any atom is -0.342 e. The van der Waals surface area contributed by atoms with Crippen LogP contribution in [0.3, 0.4) is 0 Å². The number of amides is 1. The summed E-state index contributed by atoms with van der Waals surface area (Å²) >= 11 is 0. The molecule has 1 N–H and O–H groups in total. The van der Waals surface area contributed by atoms with E-state index in [1.54, 1.807) is 12.4 Å². The number of hydrogen-bond donors (Lipinski definition) is 1. The van der Waals surface area contributed by atoms with Crippen molar-refractivity contribution in [2.75, 3.05) is 0 Å². The number of carbonyl (C=O) groups is 1. The highest BCUT2D eigenvalue weighted by Gasteiger charge is 2.17. The molecule has 1 atom stereocenters. The fourth-order valence-corrected chi connectivity index (χ4v) is 2.58. The van der Waals surface area contributed by atoms with Gasteiger partial charge in [0, 0.05) is 18.6 Å². The minimum atomic E-state index is -0.179. The molecule has 5 nitrogen and oxygen atoms in total. The first-order chi connectivity index (χ1) is 11.1. The van der Waals surface area contributed by atoms with Crippen LogP contribution in [0.5, 0.6) is 0 Å². The maximum Gasteiger partial charge on any atom is 0.272 e. The molecule has 3 heterocycles. The number of carbonyl (C=O) groups excluding carboxylic acids is 1. The van der Waals surface area contributed by atoms with Crippen LogP contribution in [-0.2, 0) is 0 Å². The second-order valence-corrected chi connectivity index (χ2v) is 5.79. The van der Waals surface area contributed by atoms with Gasteiger partial charge in [-0.1, -0.05) is 13.0 Å². The van der Waals surface area contributed by atoms with Crippen molar-refractivity contribution < 1.29 is 4.79 Å². The standard InChI is InChI=1S/C18H20N4O/c1-4-14(15-9-12(2)7-8-19-15)21-18(23)16-11-22-10-13(3)5-6-17(22)20-16/h5-11,14H,4H2,1-3H3,(H,21,23). The van der Waals surface area contributed by atoms with Crippen molar-refractivity contribution in [3.63, 3.8) is 0 Å². The number of imidazole rings is 1. The Balaban J connectivity index is 1.83. The molecular weight excluding hydrogens is 288 g/mol. The zero-order valence-electron chi connectivity index (χ0n) is 13.6. The van der Waals surface area contributed by atoms with Gasteiger partial charge in [0.1, 0.15) is 11.3 Å². The SMILES string of the molecule is CCC(NC(=O)c1cn2cc(C)ccc2n1)c1cc(C)ccn1. The molecule has 0 spiro atoms. The number of nitrogens with one attached hydrogen (secondary N) is 1. The molecule has 1 amide bonds. The van der Waals surface area contributed by atoms with E-state index in [4.69, 9.17) is 0 Å². The van der Waals surface area contributed by atoms with Crippen LogP contribution in [0.4, 0.5) is 0 Å². The van der Waals surface area contributed by atoms with E-state index in [2.05, 4.69) is 15.3 Å². The highest BCUT2D eigenvalue weighted by molar-refractivity contribution is 5.93. The molecule has 3 aromatic rings. The first-order valence-corrected chi connectivity index (χ1v) is 7.75. The average Bonchev–Trinajstić information content (AvgIpc) is 2.95. The Kier molecular flexibility index (Phi) is 4.10. The Hall–Kier alpha value is -2.69. The van der Waals surface area contributed by atoms with E-state index >= 15 is 0 Å². The lowest BCUT2D eigenvalue weighted by atomic mass is 10.1. The summed E-state index contributed by atoms with van der Waals surface area (Å²) in [5.41, 5.74) is 4.31. The largest absolute Gasteiger partial charge is 0.342 e. The highest BCUT2D eigenvalue weighted by Crippen LogP contribution is 2.16. The monoisotopic (exact) mass is 308 g/mol. The minimum absolute atomic E-state index is 0.117. The summed E-state index contributed by atoms with van der Waals surface area (Å²) in [5, 5.41) is 3.02. The molecule has 0 bridgehead atoms. The third kappa shape index (κ3) is 3.23. The van der Waals surface area contributed by atoms with E-state index < -0.39 is 0 Å². The number of aryl methyl sites for hydroxylation is 2. The molecule has 0 saturated heterocycles. The number of pyridine rings is 2. The van der Waals surface area contributed by atoms with Crippen LogP contribution in [0, 0.1) is 13.8 Å². The van der Waals surface area contributed by atoms with Gasteiger partial charge >= 0.3 is 0 Å². The third-order valence-electron chi connectivity index (χ3n) is 3.84. The van der Waals surface area contributed by atoms with Gasteiger partial charge in [-0.15, -0.1) is 0 Å². The predicted molar refractivity (Wildman–Crippen MR) is 89.4 cm³/mol. The molecule has 0 radical (unpaired) electrons. The highest BCUT2D eigenvalue weighted by atomic mass is 16.2. The van der Waals surface area contributed by atoms with Crippen molar-refractivity contribution in [1.29, 1.82) is 0 Å². The number of aromatic nitrogens is 3. The van der Waals surface area contributed by atoms with Crippen LogP contribution >= 0.6 is 0 Å². The summed E-state index contributed by atoms with van der Waals surface area (Å²) in [7, 11) is 0. The van der Waals surface area contributed by atoms with Crippen molar-refractivity contribution >= 4 is 11.6 Å². The van der Waals surface area contributed by atoms with E-state index in [1.807, 2.05) is 55.6 Å². The van der Waals surface area contributed by atoms with E-state index in [-0.39, 0.29) is 11.9 Å². The smallest absolute Gasteiger partial charge is 0.272 e. The topological polar surface area (TPSA) is 59.3 Å². The van der Waals surface area contributed by atoms with Gasteiger partial charge < -0.3 is 9.72 Å². The molecule has 0 aliphatic heterocycles. The molecule has 0 saturated carbocycles. The second kappa shape index (κ2) is 6.20. The lowest BCUT2D eigenvalue weighted by Gasteiger charge is -2.16. The second-order valence-electron chi connectivity index (χ2n) is 5.79. The molecule has 23 heavy (non-hydrogen) atoms. The fraction of sp³-hybridized carbons (Fsp3) is 0.278. The first-order valence-electron chi connectivity index (χ1n) is 7.75. The maximum absolute atomic E-state index is 12.5. The Bertz CT molecular complexity index is 853. The Morgan fingerprint density at radius 2 is 2.04 bits per heavy atom. The third-order valence-corrected chi connectivity index (χ3v) is 3.84. The van der Waals surface area contributed by atoms with E-state index in [9.17, 15) is 4.79 Å². The molecule has 3 rings (SSSR count). The van der Waals surface area contributed by atoms with Crippen molar-refractivity contribution in [3.05, 3.63) is 65.4 Å². The van der Waals surface area contributed by atoms with Gasteiger partial charge in [0.2, 0.25) is 0 Å². The predicted octanol–water partition coefficient (Wildman–Crippen LogP) is 3.23. The van der Waals surface area contributed by atoms with E-state index in [1.165, 1.54) is 0 Å². The molecule has 118 valence electrons. The lowest BCUT2D eigenvalue weighted by Crippen LogP contribution is -2.29. The van der Waals surface area contributed by atoms with Crippen LogP contribution in [0.1, 0.15) is 46.7 Å². The van der Waals surface area contributed by atoms with Gasteiger partial charge in [0.05, 0.1) is 11.7 Å². The fourth-order valence-electron chi connectivity index (χ4n) is 2.58. The summed E-state index contributed by atoms with van der Waals surface area (Å²) in [6.45, 7) is 6.06. The number of hydrogen-bond acceptors (Lipinski definition) is 3. The summed E-state index contributed by atoms with van der Waals surface area (Å²) < 4.78 is 1.87. The Morgan fingerprint density at radius 3 is 2.78 bits per heavy atom. The van der Waals surface area contributed by atoms with Crippen molar-refractivity contribution in [3.8, 4) is 0 Å². The number of nitrogens with zero attached hydrogens (tertiary/aromatic N) is 3. The van der Waals surface area contributed by atoms with Crippen LogP contribution in [0.25, 0.3) is 5.65 Å². The van der Waals surface area contributed by atoms with Crippen LogP contribution in [0.15, 0.2) is 42.9 Å². The van der Waals surface area contributed by atoms with Crippen LogP contribution in [-0.4, -0.2) is 20.3 Å². The quantitative estimate of drug-likeness (QED) is 0.805. The molecule has 1 unspecified atom stereocenters. The van der Waals surface area contributed by atoms with Gasteiger partial charge in [-0.3, -0.25) is 9.78 Å². The molecule has 0 aliphatic rings. The number of fused-ring (bicyclic) bond motifs is 1. The van der Waals surface area contributed by atoms with E-state index in [0.717, 1.165) is 28.9 Å². The normalized spacial score (nSPS) is 12.3. The first kappa shape index (κ1) is 15.2. The summed E-state index contributed by atoms with van der Waals surface area (Å²) in [6, 6.07) is 7.72. The Labute approximate surface area is 135 Å². The summed E-state index contributed by atoms with van der Waals surface area (Å²) in [4.78, 5) is 21.3. The maximum atomic E-state index is 12.5. The molecular formula is C18H20N4O. The summed E-state index contributed by atoms with van der Waals surface area (Å²) in [5.74, 6) is -0.179.